The average molecular weight is 449 g/mol. The Morgan fingerprint density at radius 2 is 1.74 bits per heavy atom. The van der Waals surface area contributed by atoms with Gasteiger partial charge < -0.3 is 9.64 Å². The number of aromatic nitrogens is 2. The molecule has 0 saturated carbocycles. The van der Waals surface area contributed by atoms with E-state index < -0.39 is 10.0 Å². The molecule has 1 saturated heterocycles. The summed E-state index contributed by atoms with van der Waals surface area (Å²) in [4.78, 5) is 15.1. The molecular formula is C22H32N4O4S. The molecule has 170 valence electrons. The number of methoxy groups -OCH3 is 1. The predicted octanol–water partition coefficient (Wildman–Crippen LogP) is 2.75. The zero-order chi connectivity index (χ0) is 22.9. The molecule has 3 rings (SSSR count). The second-order valence-corrected chi connectivity index (χ2v) is 10.4. The van der Waals surface area contributed by atoms with E-state index in [1.165, 1.54) is 4.31 Å². The van der Waals surface area contributed by atoms with Gasteiger partial charge in [0.15, 0.2) is 0 Å². The number of carbonyl (C=O) groups is 1. The van der Waals surface area contributed by atoms with Crippen molar-refractivity contribution in [2.45, 2.75) is 39.0 Å². The van der Waals surface area contributed by atoms with Gasteiger partial charge in [-0.05, 0) is 56.4 Å². The lowest BCUT2D eigenvalue weighted by Crippen LogP contribution is -2.48. The Bertz CT molecular complexity index is 1040. The van der Waals surface area contributed by atoms with Gasteiger partial charge in [0, 0.05) is 20.1 Å². The highest BCUT2D eigenvalue weighted by Gasteiger charge is 2.34. The molecule has 9 heteroatoms. The summed E-state index contributed by atoms with van der Waals surface area (Å²) in [5.41, 5.74) is 1.35. The zero-order valence-corrected chi connectivity index (χ0v) is 19.9. The van der Waals surface area contributed by atoms with Crippen LogP contribution in [0.4, 0.5) is 5.69 Å². The first-order valence-corrected chi connectivity index (χ1v) is 11.9. The number of hydrogen-bond donors (Lipinski definition) is 0. The van der Waals surface area contributed by atoms with Crippen LogP contribution in [0.3, 0.4) is 0 Å². The Morgan fingerprint density at radius 3 is 2.23 bits per heavy atom. The first-order chi connectivity index (χ1) is 14.5. The summed E-state index contributed by atoms with van der Waals surface area (Å²) in [6.45, 7) is 8.65. The molecule has 1 amide bonds. The molecule has 2 atom stereocenters. The molecule has 1 aromatic carbocycles. The van der Waals surface area contributed by atoms with Crippen LogP contribution in [0.5, 0.6) is 5.75 Å². The SMILES string of the molecule is COc1ccc(N(CC(=O)N2C[C@@H](C)C[C@H](C)C2)S(=O)(=O)c2c(C)nn(C)c2C)cc1. The van der Waals surface area contributed by atoms with Gasteiger partial charge in [0.05, 0.1) is 24.2 Å². The van der Waals surface area contributed by atoms with Crippen LogP contribution in [0, 0.1) is 25.7 Å². The van der Waals surface area contributed by atoms with Gasteiger partial charge in [-0.1, -0.05) is 13.8 Å². The van der Waals surface area contributed by atoms with E-state index in [0.717, 1.165) is 6.42 Å². The van der Waals surface area contributed by atoms with Crippen molar-refractivity contribution in [2.75, 3.05) is 31.0 Å². The van der Waals surface area contributed by atoms with E-state index in [1.807, 2.05) is 0 Å². The van der Waals surface area contributed by atoms with Crippen molar-refractivity contribution in [2.24, 2.45) is 18.9 Å². The third-order valence-corrected chi connectivity index (χ3v) is 7.88. The second-order valence-electron chi connectivity index (χ2n) is 8.58. The number of anilines is 1. The highest BCUT2D eigenvalue weighted by molar-refractivity contribution is 7.93. The van der Waals surface area contributed by atoms with E-state index in [2.05, 4.69) is 18.9 Å². The lowest BCUT2D eigenvalue weighted by molar-refractivity contribution is -0.132. The molecule has 0 aliphatic carbocycles. The van der Waals surface area contributed by atoms with Crippen LogP contribution in [0.15, 0.2) is 29.2 Å². The van der Waals surface area contributed by atoms with E-state index in [0.29, 0.717) is 47.8 Å². The maximum atomic E-state index is 13.8. The summed E-state index contributed by atoms with van der Waals surface area (Å²) < 4.78 is 35.5. The van der Waals surface area contributed by atoms with Crippen LogP contribution in [0.2, 0.25) is 0 Å². The standard InChI is InChI=1S/C22H32N4O4S/c1-15-11-16(2)13-25(12-15)21(27)14-26(19-7-9-20(30-6)10-8-19)31(28,29)22-17(3)23-24(5)18(22)4/h7-10,15-16H,11-14H2,1-6H3/t15-,16-/m0/s1. The number of nitrogens with zero attached hydrogens (tertiary/aromatic N) is 4. The number of aryl methyl sites for hydroxylation is 2. The molecule has 0 radical (unpaired) electrons. The first kappa shape index (κ1) is 23.1. The number of benzene rings is 1. The average Bonchev–Trinajstić information content (AvgIpc) is 2.97. The van der Waals surface area contributed by atoms with E-state index in [9.17, 15) is 13.2 Å². The molecular weight excluding hydrogens is 416 g/mol. The predicted molar refractivity (Wildman–Crippen MR) is 120 cm³/mol. The monoisotopic (exact) mass is 448 g/mol. The third kappa shape index (κ3) is 4.71. The molecule has 0 bridgehead atoms. The van der Waals surface area contributed by atoms with Gasteiger partial charge in [-0.2, -0.15) is 5.10 Å². The Morgan fingerprint density at radius 1 is 1.16 bits per heavy atom. The van der Waals surface area contributed by atoms with Crippen LogP contribution in [-0.2, 0) is 21.9 Å². The molecule has 1 aliphatic heterocycles. The number of sulfonamides is 1. The molecule has 1 aromatic heterocycles. The van der Waals surface area contributed by atoms with E-state index in [4.69, 9.17) is 4.74 Å². The Kier molecular flexibility index (Phi) is 6.64. The quantitative estimate of drug-likeness (QED) is 0.678. The fraction of sp³-hybridized carbons (Fsp3) is 0.545. The number of amides is 1. The summed E-state index contributed by atoms with van der Waals surface area (Å²) in [5, 5.41) is 4.26. The van der Waals surface area contributed by atoms with Gasteiger partial charge in [0.25, 0.3) is 10.0 Å². The summed E-state index contributed by atoms with van der Waals surface area (Å²) >= 11 is 0. The minimum absolute atomic E-state index is 0.138. The van der Waals surface area contributed by atoms with Crippen LogP contribution in [-0.4, -0.2) is 55.7 Å². The first-order valence-electron chi connectivity index (χ1n) is 10.5. The molecule has 2 heterocycles. The van der Waals surface area contributed by atoms with Gasteiger partial charge in [-0.3, -0.25) is 13.8 Å². The van der Waals surface area contributed by atoms with E-state index >= 15 is 0 Å². The molecule has 31 heavy (non-hydrogen) atoms. The number of rotatable bonds is 6. The molecule has 0 spiro atoms. The smallest absolute Gasteiger partial charge is 0.268 e. The summed E-state index contributed by atoms with van der Waals surface area (Å²) in [5.74, 6) is 1.19. The van der Waals surface area contributed by atoms with Crippen molar-refractivity contribution >= 4 is 21.6 Å². The fourth-order valence-electron chi connectivity index (χ4n) is 4.39. The Balaban J connectivity index is 2.01. The number of hydrogen-bond acceptors (Lipinski definition) is 5. The number of carbonyl (C=O) groups excluding carboxylic acids is 1. The van der Waals surface area contributed by atoms with Crippen molar-refractivity contribution in [1.29, 1.82) is 0 Å². The number of likely N-dealkylation sites (tertiary alicyclic amines) is 1. The van der Waals surface area contributed by atoms with Crippen molar-refractivity contribution in [3.63, 3.8) is 0 Å². The van der Waals surface area contributed by atoms with Gasteiger partial charge in [-0.15, -0.1) is 0 Å². The minimum Gasteiger partial charge on any atom is -0.497 e. The van der Waals surface area contributed by atoms with Crippen molar-refractivity contribution in [1.82, 2.24) is 14.7 Å². The lowest BCUT2D eigenvalue weighted by atomic mass is 9.92. The van der Waals surface area contributed by atoms with Crippen molar-refractivity contribution in [3.05, 3.63) is 35.7 Å². The maximum Gasteiger partial charge on any atom is 0.268 e. The molecule has 1 fully saturated rings. The maximum absolute atomic E-state index is 13.8. The van der Waals surface area contributed by atoms with Crippen molar-refractivity contribution in [3.8, 4) is 5.75 Å². The largest absolute Gasteiger partial charge is 0.497 e. The molecule has 1 aliphatic rings. The Hall–Kier alpha value is -2.55. The molecule has 0 N–H and O–H groups in total. The molecule has 8 nitrogen and oxygen atoms in total. The normalized spacial score (nSPS) is 19.4. The highest BCUT2D eigenvalue weighted by atomic mass is 32.2. The molecule has 0 unspecified atom stereocenters. The fourth-order valence-corrected chi connectivity index (χ4v) is 6.21. The minimum atomic E-state index is -4.01. The van der Waals surface area contributed by atoms with Crippen LogP contribution in [0.25, 0.3) is 0 Å². The van der Waals surface area contributed by atoms with Crippen LogP contribution in [0.1, 0.15) is 31.7 Å². The summed E-state index contributed by atoms with van der Waals surface area (Å²) in [6, 6.07) is 6.70. The van der Waals surface area contributed by atoms with Gasteiger partial charge in [-0.25, -0.2) is 8.42 Å². The van der Waals surface area contributed by atoms with E-state index in [1.54, 1.807) is 61.9 Å². The zero-order valence-electron chi connectivity index (χ0n) is 19.1. The topological polar surface area (TPSA) is 84.7 Å². The Labute approximate surface area is 184 Å². The lowest BCUT2D eigenvalue weighted by Gasteiger charge is -2.36. The number of piperidine rings is 1. The van der Waals surface area contributed by atoms with Gasteiger partial charge in [0.1, 0.15) is 17.2 Å². The van der Waals surface area contributed by atoms with Gasteiger partial charge >= 0.3 is 0 Å². The summed E-state index contributed by atoms with van der Waals surface area (Å²) in [7, 11) is -0.755. The van der Waals surface area contributed by atoms with Crippen molar-refractivity contribution < 1.29 is 17.9 Å². The summed E-state index contributed by atoms with van der Waals surface area (Å²) in [6.07, 6.45) is 1.07. The number of ether oxygens (including phenoxy) is 1. The van der Waals surface area contributed by atoms with Crippen LogP contribution < -0.4 is 9.04 Å². The van der Waals surface area contributed by atoms with E-state index in [-0.39, 0.29) is 17.3 Å². The third-order valence-electron chi connectivity index (χ3n) is 5.85. The highest BCUT2D eigenvalue weighted by Crippen LogP contribution is 2.30. The second kappa shape index (κ2) is 8.90. The van der Waals surface area contributed by atoms with Crippen LogP contribution >= 0.6 is 0 Å². The molecule has 2 aromatic rings. The van der Waals surface area contributed by atoms with Gasteiger partial charge in [0.2, 0.25) is 5.91 Å².